The molecule has 2 heterocycles. The van der Waals surface area contributed by atoms with Crippen LogP contribution in [-0.2, 0) is 17.6 Å². The molecule has 0 radical (unpaired) electrons. The fourth-order valence-electron chi connectivity index (χ4n) is 3.09. The number of carbonyl (C=O) groups is 1. The Morgan fingerprint density at radius 2 is 2.29 bits per heavy atom. The minimum Gasteiger partial charge on any atom is -0.316 e. The lowest BCUT2D eigenvalue weighted by Crippen LogP contribution is -2.14. The Morgan fingerprint density at radius 3 is 3.08 bits per heavy atom. The molecule has 0 spiro atoms. The molecule has 2 aromatic rings. The van der Waals surface area contributed by atoms with Crippen LogP contribution in [0.1, 0.15) is 42.2 Å². The lowest BCUT2D eigenvalue weighted by molar-refractivity contribution is -0.116. The zero-order valence-corrected chi connectivity index (χ0v) is 15.0. The van der Waals surface area contributed by atoms with E-state index in [-0.39, 0.29) is 5.91 Å². The van der Waals surface area contributed by atoms with E-state index < -0.39 is 0 Å². The topological polar surface area (TPSA) is 54.0 Å². The fraction of sp³-hybridized carbons (Fsp3) is 0.474. The first-order valence-corrected chi connectivity index (χ1v) is 9.57. The van der Waals surface area contributed by atoms with Gasteiger partial charge < -0.3 is 10.6 Å². The third-order valence-electron chi connectivity index (χ3n) is 4.52. The molecule has 1 saturated heterocycles. The lowest BCUT2D eigenvalue weighted by atomic mass is 10.0. The smallest absolute Gasteiger partial charge is 0.226 e. The van der Waals surface area contributed by atoms with Crippen LogP contribution in [0.5, 0.6) is 0 Å². The molecule has 3 rings (SSSR count). The van der Waals surface area contributed by atoms with E-state index in [0.29, 0.717) is 17.5 Å². The molecule has 1 aliphatic rings. The van der Waals surface area contributed by atoms with Crippen molar-refractivity contribution in [2.24, 2.45) is 5.92 Å². The van der Waals surface area contributed by atoms with E-state index in [1.165, 1.54) is 22.4 Å². The summed E-state index contributed by atoms with van der Waals surface area (Å²) in [5, 5.41) is 7.00. The normalized spacial score (nSPS) is 17.1. The van der Waals surface area contributed by atoms with Gasteiger partial charge in [0.25, 0.3) is 0 Å². The van der Waals surface area contributed by atoms with Crippen LogP contribution in [-0.4, -0.2) is 24.0 Å². The number of aryl methyl sites for hydroxylation is 1. The maximum Gasteiger partial charge on any atom is 0.226 e. The highest BCUT2D eigenvalue weighted by Crippen LogP contribution is 2.22. The third kappa shape index (κ3) is 4.89. The molecule has 1 unspecified atom stereocenters. The standard InChI is InChI=1S/C19H25N3OS/c1-2-14-4-3-5-16(10-14)11-17-13-21-19(24-17)22-18(23)7-6-15-8-9-20-12-15/h3-5,10,13,15,20H,2,6-9,11-12H2,1H3,(H,21,22,23). The van der Waals surface area contributed by atoms with E-state index in [9.17, 15) is 4.79 Å². The van der Waals surface area contributed by atoms with Crippen molar-refractivity contribution in [1.82, 2.24) is 10.3 Å². The molecule has 0 bridgehead atoms. The first kappa shape index (κ1) is 17.1. The molecule has 1 aliphatic heterocycles. The number of nitrogens with one attached hydrogen (secondary N) is 2. The molecule has 5 heteroatoms. The van der Waals surface area contributed by atoms with Gasteiger partial charge >= 0.3 is 0 Å². The minimum absolute atomic E-state index is 0.0794. The van der Waals surface area contributed by atoms with Gasteiger partial charge in [0.05, 0.1) is 0 Å². The van der Waals surface area contributed by atoms with Gasteiger partial charge in [0.15, 0.2) is 5.13 Å². The molecular weight excluding hydrogens is 318 g/mol. The summed E-state index contributed by atoms with van der Waals surface area (Å²) >= 11 is 1.57. The van der Waals surface area contributed by atoms with Gasteiger partial charge in [-0.15, -0.1) is 11.3 Å². The average Bonchev–Trinajstić information content (AvgIpc) is 3.25. The van der Waals surface area contributed by atoms with Crippen molar-refractivity contribution in [3.63, 3.8) is 0 Å². The Balaban J connectivity index is 1.50. The predicted octanol–water partition coefficient (Wildman–Crippen LogP) is 3.62. The number of rotatable bonds is 7. The summed E-state index contributed by atoms with van der Waals surface area (Å²) in [5.74, 6) is 0.726. The number of nitrogens with zero attached hydrogens (tertiary/aromatic N) is 1. The lowest BCUT2D eigenvalue weighted by Gasteiger charge is -2.07. The summed E-state index contributed by atoms with van der Waals surface area (Å²) in [5.41, 5.74) is 2.65. The van der Waals surface area contributed by atoms with E-state index in [0.717, 1.165) is 32.4 Å². The average molecular weight is 343 g/mol. The number of anilines is 1. The van der Waals surface area contributed by atoms with Crippen molar-refractivity contribution in [2.45, 2.75) is 39.0 Å². The Kier molecular flexibility index (Phi) is 5.99. The Bertz CT molecular complexity index is 677. The summed E-state index contributed by atoms with van der Waals surface area (Å²) in [7, 11) is 0. The molecule has 1 aromatic carbocycles. The van der Waals surface area contributed by atoms with Crippen LogP contribution >= 0.6 is 11.3 Å². The van der Waals surface area contributed by atoms with Gasteiger partial charge in [0.2, 0.25) is 5.91 Å². The second-order valence-corrected chi connectivity index (χ2v) is 7.54. The molecule has 1 atom stereocenters. The number of hydrogen-bond donors (Lipinski definition) is 2. The molecule has 1 aromatic heterocycles. The molecule has 0 saturated carbocycles. The highest BCUT2D eigenvalue weighted by atomic mass is 32.1. The van der Waals surface area contributed by atoms with Crippen molar-refractivity contribution in [2.75, 3.05) is 18.4 Å². The second-order valence-electron chi connectivity index (χ2n) is 6.43. The summed E-state index contributed by atoms with van der Waals surface area (Å²) in [6.45, 7) is 4.30. The largest absolute Gasteiger partial charge is 0.316 e. The minimum atomic E-state index is 0.0794. The summed E-state index contributed by atoms with van der Waals surface area (Å²) < 4.78 is 0. The molecule has 4 nitrogen and oxygen atoms in total. The highest BCUT2D eigenvalue weighted by Gasteiger charge is 2.16. The molecule has 128 valence electrons. The van der Waals surface area contributed by atoms with E-state index >= 15 is 0 Å². The zero-order chi connectivity index (χ0) is 16.8. The van der Waals surface area contributed by atoms with Crippen molar-refractivity contribution in [3.05, 3.63) is 46.5 Å². The van der Waals surface area contributed by atoms with Crippen LogP contribution < -0.4 is 10.6 Å². The van der Waals surface area contributed by atoms with Gasteiger partial charge in [0.1, 0.15) is 0 Å². The Hall–Kier alpha value is -1.72. The highest BCUT2D eigenvalue weighted by molar-refractivity contribution is 7.15. The Morgan fingerprint density at radius 1 is 1.42 bits per heavy atom. The van der Waals surface area contributed by atoms with E-state index in [2.05, 4.69) is 46.8 Å². The fourth-order valence-corrected chi connectivity index (χ4v) is 3.95. The van der Waals surface area contributed by atoms with Gasteiger partial charge in [-0.05, 0) is 49.4 Å². The van der Waals surface area contributed by atoms with Crippen molar-refractivity contribution < 1.29 is 4.79 Å². The van der Waals surface area contributed by atoms with Crippen molar-refractivity contribution >= 4 is 22.4 Å². The molecular formula is C19H25N3OS. The SMILES string of the molecule is CCc1cccc(Cc2cnc(NC(=O)CCC3CCNC3)s2)c1. The number of carbonyl (C=O) groups excluding carboxylic acids is 1. The van der Waals surface area contributed by atoms with E-state index in [1.807, 2.05) is 6.20 Å². The summed E-state index contributed by atoms with van der Waals surface area (Å²) in [6.07, 6.45) is 6.52. The molecule has 1 amide bonds. The molecule has 24 heavy (non-hydrogen) atoms. The number of benzene rings is 1. The van der Waals surface area contributed by atoms with Crippen LogP contribution in [0.4, 0.5) is 5.13 Å². The molecule has 0 aliphatic carbocycles. The van der Waals surface area contributed by atoms with Crippen molar-refractivity contribution in [3.8, 4) is 0 Å². The van der Waals surface area contributed by atoms with E-state index in [4.69, 9.17) is 0 Å². The Labute approximate surface area is 147 Å². The van der Waals surface area contributed by atoms with Crippen LogP contribution in [0, 0.1) is 5.92 Å². The van der Waals surface area contributed by atoms with E-state index in [1.54, 1.807) is 11.3 Å². The van der Waals surface area contributed by atoms with Crippen LogP contribution in [0.15, 0.2) is 30.5 Å². The van der Waals surface area contributed by atoms with Crippen LogP contribution in [0.3, 0.4) is 0 Å². The first-order valence-electron chi connectivity index (χ1n) is 8.76. The first-order chi connectivity index (χ1) is 11.7. The third-order valence-corrected chi connectivity index (χ3v) is 5.43. The maximum atomic E-state index is 12.1. The van der Waals surface area contributed by atoms with Gasteiger partial charge in [-0.25, -0.2) is 4.98 Å². The summed E-state index contributed by atoms with van der Waals surface area (Å²) in [6, 6.07) is 8.65. The number of thiazole rings is 1. The van der Waals surface area contributed by atoms with Crippen molar-refractivity contribution in [1.29, 1.82) is 0 Å². The number of amides is 1. The van der Waals surface area contributed by atoms with Crippen LogP contribution in [0.2, 0.25) is 0 Å². The van der Waals surface area contributed by atoms with Gasteiger partial charge in [0, 0.05) is 23.9 Å². The quantitative estimate of drug-likeness (QED) is 0.807. The van der Waals surface area contributed by atoms with Gasteiger partial charge in [-0.3, -0.25) is 4.79 Å². The monoisotopic (exact) mass is 343 g/mol. The maximum absolute atomic E-state index is 12.1. The zero-order valence-electron chi connectivity index (χ0n) is 14.2. The molecule has 1 fully saturated rings. The van der Waals surface area contributed by atoms with Gasteiger partial charge in [-0.2, -0.15) is 0 Å². The number of hydrogen-bond acceptors (Lipinski definition) is 4. The summed E-state index contributed by atoms with van der Waals surface area (Å²) in [4.78, 5) is 17.6. The van der Waals surface area contributed by atoms with Gasteiger partial charge in [-0.1, -0.05) is 31.2 Å². The predicted molar refractivity (Wildman–Crippen MR) is 99.6 cm³/mol. The van der Waals surface area contributed by atoms with Crippen LogP contribution in [0.25, 0.3) is 0 Å². The molecule has 2 N–H and O–H groups in total. The second kappa shape index (κ2) is 8.40. The number of aromatic nitrogens is 1.